The Balaban J connectivity index is 2.19. The lowest BCUT2D eigenvalue weighted by Gasteiger charge is -2.07. The van der Waals surface area contributed by atoms with Gasteiger partial charge in [0.1, 0.15) is 11.6 Å². The van der Waals surface area contributed by atoms with Crippen LogP contribution in [0.15, 0.2) is 28.5 Å². The number of hydrogen-bond acceptors (Lipinski definition) is 7. The first-order valence-corrected chi connectivity index (χ1v) is 6.26. The van der Waals surface area contributed by atoms with E-state index in [1.165, 1.54) is 7.11 Å². The molecule has 0 fully saturated rings. The molecule has 0 aliphatic heterocycles. The second-order valence-electron chi connectivity index (χ2n) is 3.68. The summed E-state index contributed by atoms with van der Waals surface area (Å²) in [6.45, 7) is -0.245. The fourth-order valence-corrected chi connectivity index (χ4v) is 2.06. The van der Waals surface area contributed by atoms with E-state index in [-0.39, 0.29) is 16.7 Å². The van der Waals surface area contributed by atoms with Crippen molar-refractivity contribution < 1.29 is 22.7 Å². The Morgan fingerprint density at radius 1 is 1.48 bits per heavy atom. The average molecular weight is 319 g/mol. The molecule has 0 N–H and O–H groups in total. The van der Waals surface area contributed by atoms with Gasteiger partial charge in [0.15, 0.2) is 0 Å². The summed E-state index contributed by atoms with van der Waals surface area (Å²) < 4.78 is 43.4. The van der Waals surface area contributed by atoms with E-state index in [0.717, 1.165) is 34.8 Å². The fourth-order valence-electron chi connectivity index (χ4n) is 1.29. The van der Waals surface area contributed by atoms with Crippen LogP contribution >= 0.6 is 11.8 Å². The van der Waals surface area contributed by atoms with Crippen molar-refractivity contribution >= 4 is 17.7 Å². The van der Waals surface area contributed by atoms with E-state index in [1.54, 1.807) is 0 Å². The summed E-state index contributed by atoms with van der Waals surface area (Å²) in [4.78, 5) is 15.0. The summed E-state index contributed by atoms with van der Waals surface area (Å²) in [5.74, 6) is -0.582. The SMILES string of the molecule is COC(=O)Cn1nnnc1Sc1cc(C(F)(F)F)ccn1. The molecule has 0 aromatic carbocycles. The van der Waals surface area contributed by atoms with Gasteiger partial charge in [0.25, 0.3) is 0 Å². The van der Waals surface area contributed by atoms with E-state index in [2.05, 4.69) is 25.2 Å². The van der Waals surface area contributed by atoms with Gasteiger partial charge >= 0.3 is 12.1 Å². The third kappa shape index (κ3) is 3.90. The highest BCUT2D eigenvalue weighted by Crippen LogP contribution is 2.32. The van der Waals surface area contributed by atoms with Gasteiger partial charge in [0, 0.05) is 6.20 Å². The number of methoxy groups -OCH3 is 1. The molecule has 21 heavy (non-hydrogen) atoms. The maximum absolute atomic E-state index is 12.6. The largest absolute Gasteiger partial charge is 0.468 e. The summed E-state index contributed by atoms with van der Waals surface area (Å²) in [5, 5.41) is 10.7. The molecule has 0 amide bonds. The van der Waals surface area contributed by atoms with Crippen LogP contribution in [0, 0.1) is 0 Å². The monoisotopic (exact) mass is 319 g/mol. The molecule has 0 saturated carbocycles. The van der Waals surface area contributed by atoms with Crippen LogP contribution in [0.2, 0.25) is 0 Å². The molecule has 0 unspecified atom stereocenters. The number of carbonyl (C=O) groups is 1. The number of pyridine rings is 1. The Hall–Kier alpha value is -2.17. The minimum absolute atomic E-state index is 0.0609. The van der Waals surface area contributed by atoms with Crippen molar-refractivity contribution in [3.63, 3.8) is 0 Å². The molecule has 112 valence electrons. The van der Waals surface area contributed by atoms with E-state index in [9.17, 15) is 18.0 Å². The van der Waals surface area contributed by atoms with Gasteiger partial charge in [-0.1, -0.05) is 0 Å². The van der Waals surface area contributed by atoms with Gasteiger partial charge < -0.3 is 4.74 Å². The fraction of sp³-hybridized carbons (Fsp3) is 0.300. The summed E-state index contributed by atoms with van der Waals surface area (Å²) in [6.07, 6.45) is -3.42. The molecule has 0 aliphatic rings. The van der Waals surface area contributed by atoms with Crippen LogP contribution < -0.4 is 0 Å². The zero-order chi connectivity index (χ0) is 15.5. The van der Waals surface area contributed by atoms with Crippen LogP contribution in [0.5, 0.6) is 0 Å². The molecule has 0 bridgehead atoms. The number of hydrogen-bond donors (Lipinski definition) is 0. The smallest absolute Gasteiger partial charge is 0.416 e. The molecule has 2 aromatic heterocycles. The van der Waals surface area contributed by atoms with Crippen LogP contribution in [0.4, 0.5) is 13.2 Å². The molecular formula is C10H8F3N5O2S. The Labute approximate surface area is 120 Å². The number of carbonyl (C=O) groups excluding carboxylic acids is 1. The van der Waals surface area contributed by atoms with Crippen molar-refractivity contribution in [3.05, 3.63) is 23.9 Å². The molecule has 0 atom stereocenters. The predicted molar refractivity (Wildman–Crippen MR) is 63.2 cm³/mol. The number of rotatable bonds is 4. The Morgan fingerprint density at radius 2 is 2.24 bits per heavy atom. The van der Waals surface area contributed by atoms with Crippen molar-refractivity contribution in [2.75, 3.05) is 7.11 Å². The lowest BCUT2D eigenvalue weighted by molar-refractivity contribution is -0.141. The minimum atomic E-state index is -4.46. The van der Waals surface area contributed by atoms with Gasteiger partial charge in [-0.25, -0.2) is 9.67 Å². The number of alkyl halides is 3. The third-order valence-electron chi connectivity index (χ3n) is 2.26. The average Bonchev–Trinajstić information content (AvgIpc) is 2.85. The molecule has 2 rings (SSSR count). The second kappa shape index (κ2) is 6.08. The number of ether oxygens (including phenoxy) is 1. The molecule has 7 nitrogen and oxygen atoms in total. The molecule has 0 spiro atoms. The lowest BCUT2D eigenvalue weighted by atomic mass is 10.3. The summed E-state index contributed by atoms with van der Waals surface area (Å²) >= 11 is 0.812. The van der Waals surface area contributed by atoms with Crippen LogP contribution in [-0.2, 0) is 22.3 Å². The normalized spacial score (nSPS) is 11.4. The highest BCUT2D eigenvalue weighted by molar-refractivity contribution is 7.99. The minimum Gasteiger partial charge on any atom is -0.468 e. The van der Waals surface area contributed by atoms with Crippen LogP contribution in [0.25, 0.3) is 0 Å². The molecule has 2 heterocycles. The standard InChI is InChI=1S/C10H8F3N5O2S/c1-20-8(19)5-18-9(15-16-17-18)21-7-4-6(2-3-14-7)10(11,12)13/h2-4H,5H2,1H3. The zero-order valence-electron chi connectivity index (χ0n) is 10.5. The topological polar surface area (TPSA) is 82.8 Å². The van der Waals surface area contributed by atoms with Crippen LogP contribution in [-0.4, -0.2) is 38.3 Å². The summed E-state index contributed by atoms with van der Waals surface area (Å²) in [5.41, 5.74) is -0.827. The predicted octanol–water partition coefficient (Wildman–Crippen LogP) is 1.41. The van der Waals surface area contributed by atoms with Gasteiger partial charge in [-0.2, -0.15) is 13.2 Å². The molecule has 2 aromatic rings. The summed E-state index contributed by atoms with van der Waals surface area (Å²) in [6, 6.07) is 1.74. The third-order valence-corrected chi connectivity index (χ3v) is 3.17. The number of halogens is 3. The van der Waals surface area contributed by atoms with Crippen molar-refractivity contribution in [3.8, 4) is 0 Å². The maximum Gasteiger partial charge on any atom is 0.416 e. The van der Waals surface area contributed by atoms with E-state index >= 15 is 0 Å². The van der Waals surface area contributed by atoms with E-state index in [0.29, 0.717) is 0 Å². The van der Waals surface area contributed by atoms with E-state index in [1.807, 2.05) is 0 Å². The molecule has 11 heteroatoms. The van der Waals surface area contributed by atoms with E-state index in [4.69, 9.17) is 0 Å². The molecule has 0 aliphatic carbocycles. The second-order valence-corrected chi connectivity index (χ2v) is 4.67. The van der Waals surface area contributed by atoms with Crippen molar-refractivity contribution in [1.82, 2.24) is 25.2 Å². The van der Waals surface area contributed by atoms with Gasteiger partial charge in [-0.3, -0.25) is 4.79 Å². The van der Waals surface area contributed by atoms with Gasteiger partial charge in [-0.15, -0.1) is 5.10 Å². The van der Waals surface area contributed by atoms with Crippen LogP contribution in [0.1, 0.15) is 5.56 Å². The van der Waals surface area contributed by atoms with Crippen LogP contribution in [0.3, 0.4) is 0 Å². The van der Waals surface area contributed by atoms with E-state index < -0.39 is 17.7 Å². The zero-order valence-corrected chi connectivity index (χ0v) is 11.4. The highest BCUT2D eigenvalue weighted by Gasteiger charge is 2.31. The first-order valence-electron chi connectivity index (χ1n) is 5.44. The highest BCUT2D eigenvalue weighted by atomic mass is 32.2. The number of esters is 1. The Morgan fingerprint density at radius 3 is 2.90 bits per heavy atom. The first-order chi connectivity index (χ1) is 9.90. The summed E-state index contributed by atoms with van der Waals surface area (Å²) in [7, 11) is 1.20. The lowest BCUT2D eigenvalue weighted by Crippen LogP contribution is -2.13. The molecular weight excluding hydrogens is 311 g/mol. The maximum atomic E-state index is 12.6. The van der Waals surface area contributed by atoms with Gasteiger partial charge in [0.05, 0.1) is 12.7 Å². The van der Waals surface area contributed by atoms with Crippen molar-refractivity contribution in [2.45, 2.75) is 22.9 Å². The molecule has 0 radical (unpaired) electrons. The Bertz CT molecular complexity index is 646. The Kier molecular flexibility index (Phi) is 4.40. The van der Waals surface area contributed by atoms with Crippen molar-refractivity contribution in [2.24, 2.45) is 0 Å². The number of tetrazole rings is 1. The quantitative estimate of drug-likeness (QED) is 0.788. The van der Waals surface area contributed by atoms with Gasteiger partial charge in [-0.05, 0) is 34.3 Å². The number of aromatic nitrogens is 5. The number of nitrogens with zero attached hydrogens (tertiary/aromatic N) is 5. The molecule has 0 saturated heterocycles. The van der Waals surface area contributed by atoms with Crippen molar-refractivity contribution in [1.29, 1.82) is 0 Å². The van der Waals surface area contributed by atoms with Gasteiger partial charge in [0.2, 0.25) is 5.16 Å². The first kappa shape index (κ1) is 15.2.